The first-order valence-electron chi connectivity index (χ1n) is 10.1. The first-order valence-corrected chi connectivity index (χ1v) is 10.1. The molecule has 2 N–H and O–H groups in total. The van der Waals surface area contributed by atoms with Crippen LogP contribution in [-0.2, 0) is 9.59 Å². The molecule has 1 aliphatic rings. The molecule has 0 aliphatic carbocycles. The van der Waals surface area contributed by atoms with Gasteiger partial charge in [0.05, 0.1) is 18.7 Å². The molecule has 6 heteroatoms. The number of carbonyl (C=O) groups is 2. The number of phenolic OH excluding ortho intramolecular Hbond substituents is 1. The predicted molar refractivity (Wildman–Crippen MR) is 122 cm³/mol. The number of ether oxygens (including phenoxy) is 1. The summed E-state index contributed by atoms with van der Waals surface area (Å²) in [6, 6.07) is 17.8. The van der Waals surface area contributed by atoms with Crippen molar-refractivity contribution in [2.24, 2.45) is 0 Å². The molecule has 1 atom stereocenters. The molecule has 3 aromatic rings. The number of hydrogen-bond acceptors (Lipinski definition) is 5. The molecule has 6 nitrogen and oxygen atoms in total. The number of ketones is 1. The number of carbonyl (C=O) groups excluding carboxylic acids is 2. The summed E-state index contributed by atoms with van der Waals surface area (Å²) in [6.45, 7) is 3.64. The van der Waals surface area contributed by atoms with E-state index in [0.29, 0.717) is 28.1 Å². The number of benzene rings is 3. The number of aromatic hydroxyl groups is 1. The number of aliphatic hydroxyl groups is 1. The Morgan fingerprint density at radius 3 is 2.34 bits per heavy atom. The fraction of sp³-hybridized carbons (Fsp3) is 0.154. The molecule has 0 aromatic heterocycles. The van der Waals surface area contributed by atoms with Crippen LogP contribution >= 0.6 is 0 Å². The second-order valence-electron chi connectivity index (χ2n) is 7.73. The average Bonchev–Trinajstić information content (AvgIpc) is 3.04. The van der Waals surface area contributed by atoms with Gasteiger partial charge in [0, 0.05) is 11.3 Å². The zero-order valence-corrected chi connectivity index (χ0v) is 18.0. The molecule has 0 radical (unpaired) electrons. The number of amides is 1. The Hall–Kier alpha value is -4.06. The minimum absolute atomic E-state index is 0.00139. The molecule has 32 heavy (non-hydrogen) atoms. The molecule has 3 aromatic carbocycles. The SMILES string of the molecule is COc1ccc(/C(O)=C2/C(=O)C(=O)N(c3ccccc3C)C2c2cccc(O)c2)c(C)c1. The molecule has 4 rings (SSSR count). The zero-order valence-electron chi connectivity index (χ0n) is 18.0. The van der Waals surface area contributed by atoms with Crippen LogP contribution in [0.25, 0.3) is 5.76 Å². The molecular weight excluding hydrogens is 406 g/mol. The normalized spacial score (nSPS) is 17.6. The molecule has 1 amide bonds. The van der Waals surface area contributed by atoms with Crippen LogP contribution in [0.1, 0.15) is 28.3 Å². The molecule has 0 bridgehead atoms. The summed E-state index contributed by atoms with van der Waals surface area (Å²) < 4.78 is 5.23. The van der Waals surface area contributed by atoms with Crippen LogP contribution in [0.15, 0.2) is 72.3 Å². The molecule has 1 heterocycles. The number of hydrogen-bond donors (Lipinski definition) is 2. The van der Waals surface area contributed by atoms with Gasteiger partial charge in [0.15, 0.2) is 0 Å². The third-order valence-electron chi connectivity index (χ3n) is 5.69. The lowest BCUT2D eigenvalue weighted by molar-refractivity contribution is -0.132. The summed E-state index contributed by atoms with van der Waals surface area (Å²) in [4.78, 5) is 27.8. The highest BCUT2D eigenvalue weighted by atomic mass is 16.5. The van der Waals surface area contributed by atoms with Crippen molar-refractivity contribution in [3.63, 3.8) is 0 Å². The Labute approximate surface area is 186 Å². The van der Waals surface area contributed by atoms with Gasteiger partial charge in [0.2, 0.25) is 0 Å². The van der Waals surface area contributed by atoms with Crippen LogP contribution in [0.5, 0.6) is 11.5 Å². The first-order chi connectivity index (χ1) is 15.3. The quantitative estimate of drug-likeness (QED) is 0.358. The van der Waals surface area contributed by atoms with Crippen molar-refractivity contribution >= 4 is 23.1 Å². The zero-order chi connectivity index (χ0) is 23.0. The number of aliphatic hydroxyl groups excluding tert-OH is 1. The maximum atomic E-state index is 13.2. The van der Waals surface area contributed by atoms with Gasteiger partial charge in [-0.25, -0.2) is 0 Å². The van der Waals surface area contributed by atoms with Crippen LogP contribution in [0.4, 0.5) is 5.69 Å². The van der Waals surface area contributed by atoms with E-state index >= 15 is 0 Å². The molecule has 0 spiro atoms. The first kappa shape index (κ1) is 21.2. The van der Waals surface area contributed by atoms with E-state index in [-0.39, 0.29) is 17.1 Å². The number of anilines is 1. The Kier molecular flexibility index (Phi) is 5.45. The van der Waals surface area contributed by atoms with E-state index in [4.69, 9.17) is 4.74 Å². The standard InChI is InChI=1S/C26H23NO5/c1-15-7-4-5-10-21(15)27-23(17-8-6-9-18(28)14-17)22(25(30)26(27)31)24(29)20-12-11-19(32-3)13-16(20)2/h4-14,23,28-29H,1-3H3/b24-22-. The summed E-state index contributed by atoms with van der Waals surface area (Å²) in [7, 11) is 1.55. The van der Waals surface area contributed by atoms with Gasteiger partial charge in [-0.05, 0) is 66.9 Å². The maximum Gasteiger partial charge on any atom is 0.300 e. The lowest BCUT2D eigenvalue weighted by atomic mass is 9.93. The minimum atomic E-state index is -0.898. The third kappa shape index (κ3) is 3.50. The van der Waals surface area contributed by atoms with E-state index < -0.39 is 17.7 Å². The van der Waals surface area contributed by atoms with Gasteiger partial charge in [-0.3, -0.25) is 14.5 Å². The third-order valence-corrected chi connectivity index (χ3v) is 5.69. The van der Waals surface area contributed by atoms with Crippen LogP contribution in [0.3, 0.4) is 0 Å². The summed E-state index contributed by atoms with van der Waals surface area (Å²) in [5.41, 5.74) is 2.98. The smallest absolute Gasteiger partial charge is 0.300 e. The minimum Gasteiger partial charge on any atom is -0.508 e. The fourth-order valence-corrected chi connectivity index (χ4v) is 4.10. The molecule has 1 saturated heterocycles. The average molecular weight is 429 g/mol. The lowest BCUT2D eigenvalue weighted by Gasteiger charge is -2.27. The summed E-state index contributed by atoms with van der Waals surface area (Å²) >= 11 is 0. The van der Waals surface area contributed by atoms with Crippen molar-refractivity contribution in [3.05, 3.63) is 94.6 Å². The summed E-state index contributed by atoms with van der Waals surface area (Å²) in [5, 5.41) is 21.3. The second-order valence-corrected chi connectivity index (χ2v) is 7.73. The Bertz CT molecular complexity index is 1260. The maximum absolute atomic E-state index is 13.2. The van der Waals surface area contributed by atoms with Gasteiger partial charge in [-0.1, -0.05) is 30.3 Å². The van der Waals surface area contributed by atoms with Crippen molar-refractivity contribution in [1.82, 2.24) is 0 Å². The van der Waals surface area contributed by atoms with Crippen molar-refractivity contribution in [2.75, 3.05) is 12.0 Å². The highest BCUT2D eigenvalue weighted by molar-refractivity contribution is 6.51. The van der Waals surface area contributed by atoms with E-state index in [0.717, 1.165) is 5.56 Å². The van der Waals surface area contributed by atoms with E-state index in [1.165, 1.54) is 17.0 Å². The number of methoxy groups -OCH3 is 1. The van der Waals surface area contributed by atoms with Crippen LogP contribution in [-0.4, -0.2) is 29.0 Å². The van der Waals surface area contributed by atoms with Gasteiger partial charge in [0.1, 0.15) is 17.3 Å². The Morgan fingerprint density at radius 1 is 0.938 bits per heavy atom. The topological polar surface area (TPSA) is 87.1 Å². The van der Waals surface area contributed by atoms with E-state index in [2.05, 4.69) is 0 Å². The molecular formula is C26H23NO5. The van der Waals surface area contributed by atoms with Crippen LogP contribution < -0.4 is 9.64 Å². The van der Waals surface area contributed by atoms with Crippen molar-refractivity contribution in [2.45, 2.75) is 19.9 Å². The van der Waals surface area contributed by atoms with Gasteiger partial charge in [-0.15, -0.1) is 0 Å². The van der Waals surface area contributed by atoms with Gasteiger partial charge < -0.3 is 14.9 Å². The van der Waals surface area contributed by atoms with E-state index in [9.17, 15) is 19.8 Å². The monoisotopic (exact) mass is 429 g/mol. The number of rotatable bonds is 4. The van der Waals surface area contributed by atoms with E-state index in [1.54, 1.807) is 56.5 Å². The second kappa shape index (κ2) is 8.23. The molecule has 162 valence electrons. The van der Waals surface area contributed by atoms with Crippen molar-refractivity contribution < 1.29 is 24.5 Å². The van der Waals surface area contributed by atoms with Gasteiger partial charge >= 0.3 is 0 Å². The van der Waals surface area contributed by atoms with Crippen LogP contribution in [0.2, 0.25) is 0 Å². The largest absolute Gasteiger partial charge is 0.508 e. The number of para-hydroxylation sites is 1. The summed E-state index contributed by atoms with van der Waals surface area (Å²) in [5.74, 6) is -1.18. The van der Waals surface area contributed by atoms with Gasteiger partial charge in [-0.2, -0.15) is 0 Å². The lowest BCUT2D eigenvalue weighted by Crippen LogP contribution is -2.30. The van der Waals surface area contributed by atoms with E-state index in [1.807, 2.05) is 19.1 Å². The molecule has 1 fully saturated rings. The summed E-state index contributed by atoms with van der Waals surface area (Å²) in [6.07, 6.45) is 0. The Balaban J connectivity index is 1.98. The molecule has 0 saturated carbocycles. The molecule has 1 unspecified atom stereocenters. The highest BCUT2D eigenvalue weighted by Crippen LogP contribution is 2.44. The fourth-order valence-electron chi connectivity index (χ4n) is 4.10. The molecule has 1 aliphatic heterocycles. The number of aryl methyl sites for hydroxylation is 2. The van der Waals surface area contributed by atoms with Crippen molar-refractivity contribution in [3.8, 4) is 11.5 Å². The predicted octanol–water partition coefficient (Wildman–Crippen LogP) is 4.64. The highest BCUT2D eigenvalue weighted by Gasteiger charge is 2.47. The number of nitrogens with zero attached hydrogens (tertiary/aromatic N) is 1. The van der Waals surface area contributed by atoms with Gasteiger partial charge in [0.25, 0.3) is 11.7 Å². The number of Topliss-reactive ketones (excluding diaryl/α,β-unsaturated/α-hetero) is 1. The van der Waals surface area contributed by atoms with Crippen LogP contribution in [0, 0.1) is 13.8 Å². The number of phenols is 1. The Morgan fingerprint density at radius 2 is 1.69 bits per heavy atom. The van der Waals surface area contributed by atoms with Crippen molar-refractivity contribution in [1.29, 1.82) is 0 Å².